The monoisotopic (exact) mass is 348 g/mol. The van der Waals surface area contributed by atoms with Crippen molar-refractivity contribution >= 4 is 19.7 Å². The number of nitrogens with two attached hydrogens (primary N) is 1. The molecule has 4 heteroatoms. The summed E-state index contributed by atoms with van der Waals surface area (Å²) in [6.07, 6.45) is 1.14. The highest BCUT2D eigenvalue weighted by Gasteiger charge is 2.41. The topological polar surface area (TPSA) is 38.5 Å². The number of nitrogen functional groups attached to an aromatic ring is 1. The highest BCUT2D eigenvalue weighted by molar-refractivity contribution is 6.69. The Balaban J connectivity index is 2.65. The van der Waals surface area contributed by atoms with E-state index in [0.29, 0.717) is 12.0 Å². The first kappa shape index (κ1) is 19.3. The summed E-state index contributed by atoms with van der Waals surface area (Å²) < 4.78 is 6.58. The van der Waals surface area contributed by atoms with Crippen LogP contribution in [-0.4, -0.2) is 19.9 Å². The fourth-order valence-electron chi connectivity index (χ4n) is 4.10. The van der Waals surface area contributed by atoms with E-state index >= 15 is 0 Å². The van der Waals surface area contributed by atoms with Crippen LogP contribution in [0.5, 0.6) is 0 Å². The molecule has 0 saturated heterocycles. The predicted octanol–water partition coefficient (Wildman–Crippen LogP) is 5.68. The highest BCUT2D eigenvalue weighted by atomic mass is 28.4. The molecule has 0 radical (unpaired) electrons. The van der Waals surface area contributed by atoms with Gasteiger partial charge in [0, 0.05) is 28.5 Å². The average Bonchev–Trinajstić information content (AvgIpc) is 2.35. The number of anilines is 2. The van der Waals surface area contributed by atoms with Gasteiger partial charge in [-0.05, 0) is 77.4 Å². The predicted molar refractivity (Wildman–Crippen MR) is 108 cm³/mol. The molecule has 1 unspecified atom stereocenters. The van der Waals surface area contributed by atoms with E-state index in [4.69, 9.17) is 10.2 Å². The Kier molecular flexibility index (Phi) is 5.13. The fraction of sp³-hybridized carbons (Fsp3) is 0.700. The van der Waals surface area contributed by atoms with Gasteiger partial charge in [-0.3, -0.25) is 0 Å². The standard InChI is InChI=1S/C20H36N2OSi/c1-13(2)15-11-18-16(10-17(15)21)19(23-24(7,8)9)12-20(5,6)22(18)14(3)4/h10-11,13-14,19H,12,21H2,1-9H3. The molecule has 0 bridgehead atoms. The molecule has 2 N–H and O–H groups in total. The summed E-state index contributed by atoms with van der Waals surface area (Å²) in [5.74, 6) is 0.422. The minimum absolute atomic E-state index is 0.0653. The Morgan fingerprint density at radius 2 is 1.75 bits per heavy atom. The van der Waals surface area contributed by atoms with Crippen LogP contribution in [0.1, 0.15) is 71.1 Å². The lowest BCUT2D eigenvalue weighted by atomic mass is 9.82. The van der Waals surface area contributed by atoms with Crippen molar-refractivity contribution in [1.82, 2.24) is 0 Å². The zero-order valence-corrected chi connectivity index (χ0v) is 18.0. The molecule has 0 aromatic heterocycles. The van der Waals surface area contributed by atoms with Crippen molar-refractivity contribution in [2.75, 3.05) is 10.6 Å². The van der Waals surface area contributed by atoms with Gasteiger partial charge in [-0.2, -0.15) is 0 Å². The van der Waals surface area contributed by atoms with Crippen molar-refractivity contribution in [2.24, 2.45) is 0 Å². The van der Waals surface area contributed by atoms with Gasteiger partial charge in [0.15, 0.2) is 8.32 Å². The van der Waals surface area contributed by atoms with Crippen LogP contribution in [0.2, 0.25) is 19.6 Å². The van der Waals surface area contributed by atoms with Gasteiger partial charge in [0.05, 0.1) is 6.10 Å². The summed E-state index contributed by atoms with van der Waals surface area (Å²) in [4.78, 5) is 2.55. The van der Waals surface area contributed by atoms with E-state index in [1.54, 1.807) is 0 Å². The number of fused-ring (bicyclic) bond motifs is 1. The van der Waals surface area contributed by atoms with Gasteiger partial charge in [-0.25, -0.2) is 0 Å². The third-order valence-electron chi connectivity index (χ3n) is 4.81. The number of benzene rings is 1. The SMILES string of the molecule is CC(C)c1cc2c(cc1N)C(O[Si](C)(C)C)CC(C)(C)N2C(C)C. The summed E-state index contributed by atoms with van der Waals surface area (Å²) in [5, 5.41) is 0. The Bertz CT molecular complexity index is 602. The summed E-state index contributed by atoms with van der Waals surface area (Å²) in [7, 11) is -1.64. The van der Waals surface area contributed by atoms with Crippen molar-refractivity contribution < 1.29 is 4.43 Å². The van der Waals surface area contributed by atoms with Crippen molar-refractivity contribution in [3.63, 3.8) is 0 Å². The van der Waals surface area contributed by atoms with Gasteiger partial charge in [0.2, 0.25) is 0 Å². The largest absolute Gasteiger partial charge is 0.411 e. The third kappa shape index (κ3) is 3.80. The summed E-state index contributed by atoms with van der Waals surface area (Å²) in [6.45, 7) is 20.4. The molecule has 0 fully saturated rings. The molecule has 1 aliphatic heterocycles. The lowest BCUT2D eigenvalue weighted by Gasteiger charge is -2.51. The van der Waals surface area contributed by atoms with Gasteiger partial charge in [0.1, 0.15) is 0 Å². The van der Waals surface area contributed by atoms with Gasteiger partial charge in [0.25, 0.3) is 0 Å². The van der Waals surface area contributed by atoms with E-state index < -0.39 is 8.32 Å². The van der Waals surface area contributed by atoms with E-state index in [-0.39, 0.29) is 11.6 Å². The molecule has 2 rings (SSSR count). The van der Waals surface area contributed by atoms with Crippen molar-refractivity contribution in [2.45, 2.75) is 91.2 Å². The zero-order chi connectivity index (χ0) is 18.4. The van der Waals surface area contributed by atoms with Crippen LogP contribution in [0.25, 0.3) is 0 Å². The Labute approximate surface area is 149 Å². The quantitative estimate of drug-likeness (QED) is 0.562. The second-order valence-corrected chi connectivity index (χ2v) is 13.9. The second-order valence-electron chi connectivity index (χ2n) is 9.39. The van der Waals surface area contributed by atoms with E-state index in [2.05, 4.69) is 78.2 Å². The highest BCUT2D eigenvalue weighted by Crippen LogP contribution is 2.48. The van der Waals surface area contributed by atoms with E-state index in [1.807, 2.05) is 0 Å². The summed E-state index contributed by atoms with van der Waals surface area (Å²) in [6, 6.07) is 4.94. The average molecular weight is 349 g/mol. The van der Waals surface area contributed by atoms with Crippen LogP contribution >= 0.6 is 0 Å². The molecule has 0 saturated carbocycles. The van der Waals surface area contributed by atoms with E-state index in [0.717, 1.165) is 12.1 Å². The third-order valence-corrected chi connectivity index (χ3v) is 5.80. The van der Waals surface area contributed by atoms with Crippen LogP contribution < -0.4 is 10.6 Å². The molecule has 0 spiro atoms. The number of nitrogens with zero attached hydrogens (tertiary/aromatic N) is 1. The van der Waals surface area contributed by atoms with Crippen LogP contribution in [0.3, 0.4) is 0 Å². The van der Waals surface area contributed by atoms with Crippen molar-refractivity contribution in [3.8, 4) is 0 Å². The molecular weight excluding hydrogens is 312 g/mol. The van der Waals surface area contributed by atoms with Gasteiger partial charge < -0.3 is 15.1 Å². The molecule has 1 aliphatic rings. The van der Waals surface area contributed by atoms with Crippen LogP contribution in [0, 0.1) is 0 Å². The molecular formula is C20H36N2OSi. The Hall–Kier alpha value is -1.00. The first-order chi connectivity index (χ1) is 10.8. The Morgan fingerprint density at radius 1 is 1.17 bits per heavy atom. The summed E-state index contributed by atoms with van der Waals surface area (Å²) in [5.41, 5.74) is 11.2. The van der Waals surface area contributed by atoms with E-state index in [1.165, 1.54) is 16.8 Å². The van der Waals surface area contributed by atoms with Crippen LogP contribution in [-0.2, 0) is 4.43 Å². The number of hydrogen-bond donors (Lipinski definition) is 1. The zero-order valence-electron chi connectivity index (χ0n) is 17.0. The fourth-order valence-corrected chi connectivity index (χ4v) is 5.17. The maximum atomic E-state index is 6.58. The van der Waals surface area contributed by atoms with Gasteiger partial charge in [-0.15, -0.1) is 0 Å². The summed E-state index contributed by atoms with van der Waals surface area (Å²) >= 11 is 0. The van der Waals surface area contributed by atoms with Gasteiger partial charge >= 0.3 is 0 Å². The molecule has 1 heterocycles. The molecule has 136 valence electrons. The second kappa shape index (κ2) is 6.38. The molecule has 1 atom stereocenters. The number of hydrogen-bond acceptors (Lipinski definition) is 3. The molecule has 0 amide bonds. The molecule has 1 aromatic carbocycles. The van der Waals surface area contributed by atoms with Gasteiger partial charge in [-0.1, -0.05) is 13.8 Å². The Morgan fingerprint density at radius 3 is 2.21 bits per heavy atom. The maximum Gasteiger partial charge on any atom is 0.184 e. The van der Waals surface area contributed by atoms with Crippen molar-refractivity contribution in [1.29, 1.82) is 0 Å². The molecule has 24 heavy (non-hydrogen) atoms. The van der Waals surface area contributed by atoms with Crippen LogP contribution in [0.15, 0.2) is 12.1 Å². The molecule has 1 aromatic rings. The first-order valence-corrected chi connectivity index (χ1v) is 12.6. The number of rotatable bonds is 4. The molecule has 0 aliphatic carbocycles. The maximum absolute atomic E-state index is 6.58. The minimum atomic E-state index is -1.64. The molecule has 3 nitrogen and oxygen atoms in total. The van der Waals surface area contributed by atoms with E-state index in [9.17, 15) is 0 Å². The lowest BCUT2D eigenvalue weighted by Crippen LogP contribution is -2.53. The minimum Gasteiger partial charge on any atom is -0.411 e. The van der Waals surface area contributed by atoms with Crippen molar-refractivity contribution in [3.05, 3.63) is 23.3 Å². The van der Waals surface area contributed by atoms with Crippen LogP contribution in [0.4, 0.5) is 11.4 Å². The first-order valence-electron chi connectivity index (χ1n) is 9.24. The smallest absolute Gasteiger partial charge is 0.184 e. The normalized spacial score (nSPS) is 20.6. The lowest BCUT2D eigenvalue weighted by molar-refractivity contribution is 0.144.